The number of carbonyl (C=O) groups is 2. The van der Waals surface area contributed by atoms with Gasteiger partial charge in [-0.1, -0.05) is 0 Å². The van der Waals surface area contributed by atoms with E-state index in [1.54, 1.807) is 25.6 Å². The van der Waals surface area contributed by atoms with Crippen molar-refractivity contribution in [3.8, 4) is 0 Å². The molecule has 1 amide bonds. The number of ether oxygens (including phenoxy) is 3. The summed E-state index contributed by atoms with van der Waals surface area (Å²) in [6.07, 6.45) is 9.60. The van der Waals surface area contributed by atoms with E-state index in [4.69, 9.17) is 14.2 Å². The van der Waals surface area contributed by atoms with Crippen LogP contribution in [0.1, 0.15) is 33.6 Å². The van der Waals surface area contributed by atoms with Crippen molar-refractivity contribution in [2.75, 3.05) is 27.3 Å². The molecule has 1 saturated heterocycles. The quantitative estimate of drug-likeness (QED) is 0.718. The molecule has 0 unspecified atom stereocenters. The lowest BCUT2D eigenvalue weighted by molar-refractivity contribution is -0.171. The number of nitrogens with zero attached hydrogens (tertiary/aromatic N) is 2. The first-order valence-electron chi connectivity index (χ1n) is 8.67. The van der Waals surface area contributed by atoms with Crippen LogP contribution in [0.25, 0.3) is 0 Å². The first-order valence-corrected chi connectivity index (χ1v) is 8.67. The fraction of sp³-hybridized carbons (Fsp3) is 0.579. The van der Waals surface area contributed by atoms with Gasteiger partial charge in [-0.2, -0.15) is 0 Å². The highest BCUT2D eigenvalue weighted by atomic mass is 16.6. The van der Waals surface area contributed by atoms with Crippen molar-refractivity contribution in [1.82, 2.24) is 9.80 Å². The maximum Gasteiger partial charge on any atom is 0.418 e. The molecule has 0 radical (unpaired) electrons. The molecule has 0 aromatic carbocycles. The summed E-state index contributed by atoms with van der Waals surface area (Å²) in [6, 6.07) is 0. The monoisotopic (exact) mass is 364 g/mol. The fourth-order valence-electron chi connectivity index (χ4n) is 2.95. The van der Waals surface area contributed by atoms with Crippen molar-refractivity contribution in [1.29, 1.82) is 0 Å². The van der Waals surface area contributed by atoms with Gasteiger partial charge in [-0.25, -0.2) is 9.59 Å². The van der Waals surface area contributed by atoms with E-state index in [-0.39, 0.29) is 5.97 Å². The molecule has 144 valence electrons. The maximum atomic E-state index is 12.2. The van der Waals surface area contributed by atoms with Crippen molar-refractivity contribution in [2.45, 2.75) is 44.8 Å². The van der Waals surface area contributed by atoms with Crippen LogP contribution in [0, 0.1) is 0 Å². The van der Waals surface area contributed by atoms with Crippen LogP contribution in [0.15, 0.2) is 36.3 Å². The minimum absolute atomic E-state index is 0.332. The van der Waals surface area contributed by atoms with Crippen molar-refractivity contribution >= 4 is 12.1 Å². The Morgan fingerprint density at radius 3 is 2.31 bits per heavy atom. The van der Waals surface area contributed by atoms with Gasteiger partial charge < -0.3 is 19.1 Å². The summed E-state index contributed by atoms with van der Waals surface area (Å²) >= 11 is 0. The number of rotatable bonds is 3. The first kappa shape index (κ1) is 20.0. The zero-order chi connectivity index (χ0) is 19.4. The van der Waals surface area contributed by atoms with Gasteiger partial charge >= 0.3 is 12.1 Å². The lowest BCUT2D eigenvalue weighted by Crippen LogP contribution is -2.50. The third kappa shape index (κ3) is 4.66. The molecule has 2 heterocycles. The molecule has 26 heavy (non-hydrogen) atoms. The third-order valence-corrected chi connectivity index (χ3v) is 4.41. The number of hydrogen-bond acceptors (Lipinski definition) is 6. The average Bonchev–Trinajstić information content (AvgIpc) is 2.86. The third-order valence-electron chi connectivity index (χ3n) is 4.41. The van der Waals surface area contributed by atoms with Gasteiger partial charge in [-0.15, -0.1) is 0 Å². The van der Waals surface area contributed by atoms with Crippen LogP contribution in [0.2, 0.25) is 0 Å². The van der Waals surface area contributed by atoms with Gasteiger partial charge in [0.05, 0.1) is 7.11 Å². The Hall–Kier alpha value is -2.28. The Morgan fingerprint density at radius 1 is 1.12 bits per heavy atom. The fourth-order valence-corrected chi connectivity index (χ4v) is 2.95. The minimum atomic E-state index is -0.876. The van der Waals surface area contributed by atoms with E-state index in [0.29, 0.717) is 25.9 Å². The van der Waals surface area contributed by atoms with E-state index < -0.39 is 17.3 Å². The zero-order valence-electron chi connectivity index (χ0n) is 16.2. The molecular weight excluding hydrogens is 336 g/mol. The molecule has 0 spiro atoms. The maximum absolute atomic E-state index is 12.2. The van der Waals surface area contributed by atoms with Crippen molar-refractivity contribution < 1.29 is 23.8 Å². The van der Waals surface area contributed by atoms with Crippen molar-refractivity contribution in [3.63, 3.8) is 0 Å². The molecule has 0 aromatic heterocycles. The van der Waals surface area contributed by atoms with Crippen LogP contribution in [0.4, 0.5) is 4.79 Å². The van der Waals surface area contributed by atoms with Crippen LogP contribution in [-0.4, -0.2) is 60.4 Å². The second-order valence-corrected chi connectivity index (χ2v) is 7.31. The van der Waals surface area contributed by atoms with Crippen LogP contribution in [0.3, 0.4) is 0 Å². The minimum Gasteiger partial charge on any atom is -0.467 e. The van der Waals surface area contributed by atoms with E-state index >= 15 is 0 Å². The number of esters is 1. The second kappa shape index (κ2) is 7.95. The molecule has 0 bridgehead atoms. The second-order valence-electron chi connectivity index (χ2n) is 7.31. The summed E-state index contributed by atoms with van der Waals surface area (Å²) in [4.78, 5) is 27.8. The van der Waals surface area contributed by atoms with Crippen molar-refractivity contribution in [3.05, 3.63) is 36.3 Å². The SMILES string of the molecule is COC(=O)C1(OC)CCN(C2=CC=CN(C(=O)OC(C)(C)C)C=C2)CC1. The molecule has 7 nitrogen and oxygen atoms in total. The Morgan fingerprint density at radius 2 is 1.77 bits per heavy atom. The van der Waals surface area contributed by atoms with E-state index in [0.717, 1.165) is 5.70 Å². The highest BCUT2D eigenvalue weighted by molar-refractivity contribution is 5.79. The van der Waals surface area contributed by atoms with Crippen LogP contribution in [-0.2, 0) is 19.0 Å². The summed E-state index contributed by atoms with van der Waals surface area (Å²) in [7, 11) is 2.92. The average molecular weight is 364 g/mol. The molecule has 2 aliphatic heterocycles. The zero-order valence-corrected chi connectivity index (χ0v) is 16.2. The number of amides is 1. The standard InChI is InChI=1S/C19H28N2O5/c1-18(2,3)26-17(23)21-11-6-7-15(8-12-21)20-13-9-19(25-5,10-14-20)16(22)24-4/h6-8,11-12H,9-10,13-14H2,1-5H3. The number of allylic oxidation sites excluding steroid dienone is 3. The lowest BCUT2D eigenvalue weighted by atomic mass is 9.91. The van der Waals surface area contributed by atoms with Gasteiger partial charge in [0.15, 0.2) is 5.60 Å². The highest BCUT2D eigenvalue weighted by Crippen LogP contribution is 2.29. The molecule has 2 aliphatic rings. The van der Waals surface area contributed by atoms with Crippen molar-refractivity contribution in [2.24, 2.45) is 0 Å². The van der Waals surface area contributed by atoms with Gasteiger partial charge in [0, 0.05) is 51.1 Å². The van der Waals surface area contributed by atoms with Crippen LogP contribution >= 0.6 is 0 Å². The number of methoxy groups -OCH3 is 2. The van der Waals surface area contributed by atoms with E-state index in [2.05, 4.69) is 4.90 Å². The van der Waals surface area contributed by atoms with Gasteiger partial charge in [-0.3, -0.25) is 4.90 Å². The van der Waals surface area contributed by atoms with E-state index in [9.17, 15) is 9.59 Å². The molecule has 2 rings (SSSR count). The highest BCUT2D eigenvalue weighted by Gasteiger charge is 2.43. The number of hydrogen-bond donors (Lipinski definition) is 0. The first-order chi connectivity index (χ1) is 12.2. The Bertz CT molecular complexity index is 622. The topological polar surface area (TPSA) is 68.3 Å². The summed E-state index contributed by atoms with van der Waals surface area (Å²) in [5, 5.41) is 0. The summed E-state index contributed by atoms with van der Waals surface area (Å²) in [6.45, 7) is 6.80. The molecule has 0 aliphatic carbocycles. The predicted octanol–water partition coefficient (Wildman–Crippen LogP) is 2.80. The van der Waals surface area contributed by atoms with Crippen LogP contribution in [0.5, 0.6) is 0 Å². The van der Waals surface area contributed by atoms with Gasteiger partial charge in [-0.05, 0) is 39.0 Å². The summed E-state index contributed by atoms with van der Waals surface area (Å²) in [5.41, 5.74) is -0.466. The normalized spacial score (nSPS) is 19.7. The largest absolute Gasteiger partial charge is 0.467 e. The summed E-state index contributed by atoms with van der Waals surface area (Å²) < 4.78 is 15.7. The molecular formula is C19H28N2O5. The predicted molar refractivity (Wildman–Crippen MR) is 97.0 cm³/mol. The lowest BCUT2D eigenvalue weighted by Gasteiger charge is -2.39. The Balaban J connectivity index is 2.01. The molecule has 0 aromatic rings. The molecule has 0 N–H and O–H groups in total. The molecule has 0 saturated carbocycles. The smallest absolute Gasteiger partial charge is 0.418 e. The Kier molecular flexibility index (Phi) is 6.13. The van der Waals surface area contributed by atoms with Gasteiger partial charge in [0.25, 0.3) is 0 Å². The van der Waals surface area contributed by atoms with Gasteiger partial charge in [0.1, 0.15) is 5.60 Å². The molecule has 0 atom stereocenters. The van der Waals surface area contributed by atoms with E-state index in [1.807, 2.05) is 32.9 Å². The number of piperidine rings is 1. The van der Waals surface area contributed by atoms with Crippen LogP contribution < -0.4 is 0 Å². The van der Waals surface area contributed by atoms with E-state index in [1.165, 1.54) is 12.0 Å². The number of carbonyl (C=O) groups excluding carboxylic acids is 2. The Labute approximate surface area is 154 Å². The van der Waals surface area contributed by atoms with Gasteiger partial charge in [0.2, 0.25) is 0 Å². The number of likely N-dealkylation sites (tertiary alicyclic amines) is 1. The molecule has 1 fully saturated rings. The molecule has 7 heteroatoms. The summed E-state index contributed by atoms with van der Waals surface area (Å²) in [5.74, 6) is -0.332.